The summed E-state index contributed by atoms with van der Waals surface area (Å²) in [6.45, 7) is 4.81. The van der Waals surface area contributed by atoms with Gasteiger partial charge in [0.2, 0.25) is 23.6 Å². The number of amides is 4. The summed E-state index contributed by atoms with van der Waals surface area (Å²) < 4.78 is 0. The minimum Gasteiger partial charge on any atom is -0.480 e. The molecule has 3 atom stereocenters. The van der Waals surface area contributed by atoms with E-state index in [2.05, 4.69) is 26.6 Å². The van der Waals surface area contributed by atoms with Gasteiger partial charge >= 0.3 is 5.97 Å². The van der Waals surface area contributed by atoms with Crippen molar-refractivity contribution < 1.29 is 29.1 Å². The Kier molecular flexibility index (Phi) is 13.2. The number of carboxylic acids is 1. The van der Waals surface area contributed by atoms with Gasteiger partial charge in [0.1, 0.15) is 18.6 Å². The van der Waals surface area contributed by atoms with Gasteiger partial charge in [-0.1, -0.05) is 103 Å². The molecule has 4 aromatic carbocycles. The number of hydrogen-bond donors (Lipinski definition) is 6. The van der Waals surface area contributed by atoms with Gasteiger partial charge in [0.25, 0.3) is 0 Å². The molecule has 50 heavy (non-hydrogen) atoms. The summed E-state index contributed by atoms with van der Waals surface area (Å²) in [5.41, 5.74) is 2.11. The quantitative estimate of drug-likeness (QED) is 0.106. The van der Waals surface area contributed by atoms with Crippen molar-refractivity contribution in [3.63, 3.8) is 0 Å². The maximum atomic E-state index is 14.1. The summed E-state index contributed by atoms with van der Waals surface area (Å²) in [4.78, 5) is 64.6. The van der Waals surface area contributed by atoms with Gasteiger partial charge in [-0.2, -0.15) is 0 Å². The predicted octanol–water partition coefficient (Wildman–Crippen LogP) is 2.91. The van der Waals surface area contributed by atoms with Crippen LogP contribution in [0.3, 0.4) is 0 Å². The summed E-state index contributed by atoms with van der Waals surface area (Å²) in [6, 6.07) is 29.5. The minimum atomic E-state index is -1.22. The lowest BCUT2D eigenvalue weighted by Crippen LogP contribution is -2.59. The van der Waals surface area contributed by atoms with Crippen LogP contribution in [0.5, 0.6) is 0 Å². The molecule has 4 amide bonds. The van der Waals surface area contributed by atoms with Crippen molar-refractivity contribution in [2.24, 2.45) is 0 Å². The first kappa shape index (κ1) is 37.3. The molecule has 4 rings (SSSR count). The van der Waals surface area contributed by atoms with E-state index in [1.54, 1.807) is 0 Å². The molecule has 0 fully saturated rings. The van der Waals surface area contributed by atoms with Gasteiger partial charge < -0.3 is 31.7 Å². The van der Waals surface area contributed by atoms with Crippen molar-refractivity contribution in [1.82, 2.24) is 26.6 Å². The van der Waals surface area contributed by atoms with Crippen LogP contribution in [0, 0.1) is 0 Å². The van der Waals surface area contributed by atoms with Crippen LogP contribution in [-0.2, 0) is 43.2 Å². The number of fused-ring (bicyclic) bond motifs is 1. The molecule has 262 valence electrons. The molecule has 4 aromatic rings. The fourth-order valence-corrected chi connectivity index (χ4v) is 5.52. The van der Waals surface area contributed by atoms with E-state index < -0.39 is 60.4 Å². The lowest BCUT2D eigenvalue weighted by Gasteiger charge is -2.30. The molecule has 0 radical (unpaired) electrons. The van der Waals surface area contributed by atoms with Gasteiger partial charge in [0, 0.05) is 18.4 Å². The topological polar surface area (TPSA) is 166 Å². The molecule has 0 aliphatic heterocycles. The van der Waals surface area contributed by atoms with Gasteiger partial charge in [-0.25, -0.2) is 0 Å². The summed E-state index contributed by atoms with van der Waals surface area (Å²) in [5, 5.41) is 24.7. The normalized spacial score (nSPS) is 13.0. The fraction of sp³-hybridized carbons (Fsp3) is 0.308. The van der Waals surface area contributed by atoms with E-state index in [4.69, 9.17) is 5.11 Å². The largest absolute Gasteiger partial charge is 0.480 e. The smallest absolute Gasteiger partial charge is 0.322 e. The Labute approximate surface area is 292 Å². The second-order valence-electron chi connectivity index (χ2n) is 13.2. The minimum absolute atomic E-state index is 0.0906. The Morgan fingerprint density at radius 2 is 1.06 bits per heavy atom. The summed E-state index contributed by atoms with van der Waals surface area (Å²) in [7, 11) is 0. The number of nitrogens with one attached hydrogen (secondary N) is 5. The van der Waals surface area contributed by atoms with Crippen LogP contribution >= 0.6 is 0 Å². The monoisotopic (exact) mass is 679 g/mol. The Morgan fingerprint density at radius 3 is 1.64 bits per heavy atom. The number of carbonyl (C=O) groups is 5. The number of carbonyl (C=O) groups excluding carboxylic acids is 4. The molecule has 6 N–H and O–H groups in total. The van der Waals surface area contributed by atoms with E-state index in [0.717, 1.165) is 27.5 Å². The first-order chi connectivity index (χ1) is 23.9. The first-order valence-electron chi connectivity index (χ1n) is 16.6. The van der Waals surface area contributed by atoms with Crippen LogP contribution in [0.4, 0.5) is 0 Å². The van der Waals surface area contributed by atoms with Gasteiger partial charge in [-0.05, 0) is 54.7 Å². The number of aliphatic carboxylic acids is 1. The molecular formula is C39H45N5O6. The van der Waals surface area contributed by atoms with E-state index in [1.807, 2.05) is 124 Å². The standard InChI is InChI=1S/C39H45N5O6/c1-39(2,3)44-33(22-27-14-8-5-9-15-27)38(50)43-32(21-26-12-6-4-7-13-26)37(49)42-31(36(48)41-24-34(45)40-25-35(46)47)23-28-18-19-29-16-10-11-17-30(29)20-28/h4-20,31-33,44H,21-25H2,1-3H3,(H,40,45)(H,41,48)(H,42,49)(H,43,50)(H,46,47)/t31-,32-,33-/m1/s1. The van der Waals surface area contributed by atoms with Gasteiger partial charge in [0.05, 0.1) is 12.6 Å². The van der Waals surface area contributed by atoms with E-state index in [0.29, 0.717) is 6.42 Å². The zero-order valence-corrected chi connectivity index (χ0v) is 28.6. The molecule has 0 aliphatic carbocycles. The molecule has 11 nitrogen and oxygen atoms in total. The second kappa shape index (κ2) is 17.7. The molecule has 0 heterocycles. The third-order valence-electron chi connectivity index (χ3n) is 7.87. The molecule has 0 bridgehead atoms. The van der Waals surface area contributed by atoms with E-state index in [-0.39, 0.29) is 18.7 Å². The second-order valence-corrected chi connectivity index (χ2v) is 13.2. The third-order valence-corrected chi connectivity index (χ3v) is 7.87. The van der Waals surface area contributed by atoms with Crippen molar-refractivity contribution in [2.45, 2.75) is 63.7 Å². The molecule has 0 aliphatic rings. The molecule has 0 saturated carbocycles. The van der Waals surface area contributed by atoms with Gasteiger partial charge in [-0.3, -0.25) is 24.0 Å². The maximum Gasteiger partial charge on any atom is 0.322 e. The van der Waals surface area contributed by atoms with Gasteiger partial charge in [0.15, 0.2) is 0 Å². The Balaban J connectivity index is 1.59. The van der Waals surface area contributed by atoms with Crippen molar-refractivity contribution in [3.8, 4) is 0 Å². The van der Waals surface area contributed by atoms with Crippen LogP contribution in [0.1, 0.15) is 37.5 Å². The predicted molar refractivity (Wildman–Crippen MR) is 192 cm³/mol. The van der Waals surface area contributed by atoms with Crippen LogP contribution in [-0.4, -0.2) is 71.5 Å². The van der Waals surface area contributed by atoms with E-state index in [1.165, 1.54) is 0 Å². The molecule has 0 unspecified atom stereocenters. The SMILES string of the molecule is CC(C)(C)N[C@H](Cc1ccccc1)C(=O)N[C@H](Cc1ccccc1)C(=O)N[C@H](Cc1ccc2ccccc2c1)C(=O)NCC(=O)NCC(=O)O. The Hall–Kier alpha value is -5.55. The summed E-state index contributed by atoms with van der Waals surface area (Å²) in [5.74, 6) is -3.50. The van der Waals surface area contributed by atoms with Crippen LogP contribution in [0.15, 0.2) is 103 Å². The molecular weight excluding hydrogens is 634 g/mol. The highest BCUT2D eigenvalue weighted by molar-refractivity contribution is 5.95. The van der Waals surface area contributed by atoms with E-state index in [9.17, 15) is 24.0 Å². The summed E-state index contributed by atoms with van der Waals surface area (Å²) in [6.07, 6.45) is 0.641. The zero-order valence-electron chi connectivity index (χ0n) is 28.6. The number of carboxylic acid groups (broad SMARTS) is 1. The van der Waals surface area contributed by atoms with Crippen LogP contribution in [0.25, 0.3) is 10.8 Å². The third kappa shape index (κ3) is 12.2. The maximum absolute atomic E-state index is 14.1. The first-order valence-corrected chi connectivity index (χ1v) is 16.6. The van der Waals surface area contributed by atoms with Crippen molar-refractivity contribution in [1.29, 1.82) is 0 Å². The van der Waals surface area contributed by atoms with Crippen molar-refractivity contribution in [2.75, 3.05) is 13.1 Å². The van der Waals surface area contributed by atoms with Crippen LogP contribution in [0.2, 0.25) is 0 Å². The highest BCUT2D eigenvalue weighted by atomic mass is 16.4. The van der Waals surface area contributed by atoms with E-state index >= 15 is 0 Å². The Bertz CT molecular complexity index is 1770. The Morgan fingerprint density at radius 1 is 0.560 bits per heavy atom. The number of benzene rings is 4. The highest BCUT2D eigenvalue weighted by Crippen LogP contribution is 2.17. The number of hydrogen-bond acceptors (Lipinski definition) is 6. The molecule has 0 saturated heterocycles. The fourth-order valence-electron chi connectivity index (χ4n) is 5.52. The average molecular weight is 680 g/mol. The summed E-state index contributed by atoms with van der Waals surface area (Å²) >= 11 is 0. The van der Waals surface area contributed by atoms with Crippen molar-refractivity contribution in [3.05, 3.63) is 120 Å². The van der Waals surface area contributed by atoms with Crippen LogP contribution < -0.4 is 26.6 Å². The average Bonchev–Trinajstić information content (AvgIpc) is 3.09. The molecule has 0 spiro atoms. The zero-order chi connectivity index (χ0) is 36.1. The lowest BCUT2D eigenvalue weighted by atomic mass is 9.98. The van der Waals surface area contributed by atoms with Gasteiger partial charge in [-0.15, -0.1) is 0 Å². The lowest BCUT2D eigenvalue weighted by molar-refractivity contribution is -0.138. The highest BCUT2D eigenvalue weighted by Gasteiger charge is 2.31. The number of rotatable bonds is 16. The molecule has 0 aromatic heterocycles. The van der Waals surface area contributed by atoms with Crippen molar-refractivity contribution >= 4 is 40.4 Å². The molecule has 11 heteroatoms.